The van der Waals surface area contributed by atoms with Gasteiger partial charge in [-0.3, -0.25) is 4.79 Å². The van der Waals surface area contributed by atoms with Crippen LogP contribution >= 0.6 is 15.9 Å². The first-order chi connectivity index (χ1) is 12.2. The highest BCUT2D eigenvalue weighted by atomic mass is 79.9. The summed E-state index contributed by atoms with van der Waals surface area (Å²) in [5.41, 5.74) is 2.60. The summed E-state index contributed by atoms with van der Waals surface area (Å²) in [5, 5.41) is 0. The number of hydrogen-bond acceptors (Lipinski definition) is 2. The second-order valence-electron chi connectivity index (χ2n) is 5.52. The Kier molecular flexibility index (Phi) is 5.81. The van der Waals surface area contributed by atoms with Crippen molar-refractivity contribution < 1.29 is 9.53 Å². The zero-order chi connectivity index (χ0) is 17.5. The topological polar surface area (TPSA) is 26.3 Å². The Morgan fingerprint density at radius 3 is 2.32 bits per heavy atom. The van der Waals surface area contributed by atoms with Crippen molar-refractivity contribution in [2.24, 2.45) is 0 Å². The summed E-state index contributed by atoms with van der Waals surface area (Å²) in [7, 11) is 0. The number of halogens is 1. The van der Waals surface area contributed by atoms with Crippen LogP contribution < -0.4 is 4.74 Å². The maximum Gasteiger partial charge on any atom is 0.189 e. The molecule has 0 heterocycles. The van der Waals surface area contributed by atoms with E-state index >= 15 is 0 Å². The molecular weight excluding hydrogens is 376 g/mol. The lowest BCUT2D eigenvalue weighted by molar-refractivity contribution is 0.104. The second kappa shape index (κ2) is 8.45. The van der Waals surface area contributed by atoms with Crippen molar-refractivity contribution in [1.29, 1.82) is 0 Å². The maximum absolute atomic E-state index is 12.5. The van der Waals surface area contributed by atoms with Gasteiger partial charge in [0, 0.05) is 4.47 Å². The lowest BCUT2D eigenvalue weighted by Crippen LogP contribution is -2.02. The van der Waals surface area contributed by atoms with E-state index in [-0.39, 0.29) is 5.78 Å². The van der Waals surface area contributed by atoms with Gasteiger partial charge in [0.15, 0.2) is 5.78 Å². The Labute approximate surface area is 155 Å². The summed E-state index contributed by atoms with van der Waals surface area (Å²) in [6, 6.07) is 25.0. The second-order valence-corrected chi connectivity index (χ2v) is 6.44. The summed E-state index contributed by atoms with van der Waals surface area (Å²) >= 11 is 3.40. The normalized spacial score (nSPS) is 10.8. The minimum absolute atomic E-state index is 0.0772. The molecule has 3 aromatic carbocycles. The summed E-state index contributed by atoms with van der Waals surface area (Å²) in [6.07, 6.45) is 3.39. The van der Waals surface area contributed by atoms with Crippen molar-refractivity contribution >= 4 is 27.8 Å². The molecule has 0 spiro atoms. The number of carbonyl (C=O) groups excluding carboxylic acids is 1. The van der Waals surface area contributed by atoms with Gasteiger partial charge < -0.3 is 4.74 Å². The molecule has 0 saturated carbocycles. The zero-order valence-electron chi connectivity index (χ0n) is 13.6. The predicted octanol–water partition coefficient (Wildman–Crippen LogP) is 5.92. The summed E-state index contributed by atoms with van der Waals surface area (Å²) < 4.78 is 6.86. The van der Waals surface area contributed by atoms with Crippen molar-refractivity contribution in [2.75, 3.05) is 0 Å². The summed E-state index contributed by atoms with van der Waals surface area (Å²) in [5.74, 6) is 0.517. The highest BCUT2D eigenvalue weighted by Gasteiger charge is 2.09. The van der Waals surface area contributed by atoms with E-state index in [1.54, 1.807) is 12.1 Å². The van der Waals surface area contributed by atoms with Crippen LogP contribution in [-0.4, -0.2) is 5.78 Å². The van der Waals surface area contributed by atoms with Gasteiger partial charge in [-0.25, -0.2) is 0 Å². The maximum atomic E-state index is 12.5. The van der Waals surface area contributed by atoms with Crippen LogP contribution in [0.1, 0.15) is 21.5 Å². The molecule has 3 aromatic rings. The van der Waals surface area contributed by atoms with Crippen LogP contribution in [0.25, 0.3) is 6.08 Å². The van der Waals surface area contributed by atoms with Crippen LogP contribution in [0.2, 0.25) is 0 Å². The van der Waals surface area contributed by atoms with E-state index in [2.05, 4.69) is 15.9 Å². The highest BCUT2D eigenvalue weighted by Crippen LogP contribution is 2.21. The number of para-hydroxylation sites is 1. The summed E-state index contributed by atoms with van der Waals surface area (Å²) in [4.78, 5) is 12.5. The Morgan fingerprint density at radius 1 is 0.880 bits per heavy atom. The van der Waals surface area contributed by atoms with Crippen LogP contribution in [-0.2, 0) is 6.61 Å². The average molecular weight is 393 g/mol. The fourth-order valence-electron chi connectivity index (χ4n) is 2.37. The van der Waals surface area contributed by atoms with Crippen molar-refractivity contribution in [2.45, 2.75) is 6.61 Å². The number of ether oxygens (including phenoxy) is 1. The number of benzene rings is 3. The SMILES string of the molecule is O=C(C=Cc1ccc(Br)cc1)c1ccccc1OCc1ccccc1. The van der Waals surface area contributed by atoms with E-state index in [0.717, 1.165) is 15.6 Å². The lowest BCUT2D eigenvalue weighted by Gasteiger charge is -2.09. The van der Waals surface area contributed by atoms with Crippen molar-refractivity contribution in [3.63, 3.8) is 0 Å². The van der Waals surface area contributed by atoms with Gasteiger partial charge >= 0.3 is 0 Å². The molecule has 0 saturated heterocycles. The minimum Gasteiger partial charge on any atom is -0.488 e. The van der Waals surface area contributed by atoms with Gasteiger partial charge in [0.25, 0.3) is 0 Å². The van der Waals surface area contributed by atoms with Gasteiger partial charge in [0.1, 0.15) is 12.4 Å². The molecule has 0 bridgehead atoms. The standard InChI is InChI=1S/C22H17BrO2/c23-19-13-10-17(11-14-19)12-15-21(24)20-8-4-5-9-22(20)25-16-18-6-2-1-3-7-18/h1-15H,16H2. The molecule has 0 aromatic heterocycles. The van der Waals surface area contributed by atoms with Crippen LogP contribution in [0.5, 0.6) is 5.75 Å². The molecule has 3 rings (SSSR count). The van der Waals surface area contributed by atoms with E-state index in [0.29, 0.717) is 17.9 Å². The first kappa shape index (κ1) is 17.2. The number of ketones is 1. The molecule has 0 N–H and O–H groups in total. The number of allylic oxidation sites excluding steroid dienone is 1. The van der Waals surface area contributed by atoms with Crippen LogP contribution in [0.4, 0.5) is 0 Å². The third-order valence-corrected chi connectivity index (χ3v) is 4.22. The largest absolute Gasteiger partial charge is 0.488 e. The Hall–Kier alpha value is -2.65. The van der Waals surface area contributed by atoms with Crippen LogP contribution in [0.3, 0.4) is 0 Å². The molecule has 0 amide bonds. The third-order valence-electron chi connectivity index (χ3n) is 3.69. The van der Waals surface area contributed by atoms with E-state index in [4.69, 9.17) is 4.74 Å². The predicted molar refractivity (Wildman–Crippen MR) is 105 cm³/mol. The molecule has 0 unspecified atom stereocenters. The van der Waals surface area contributed by atoms with E-state index in [9.17, 15) is 4.79 Å². The quantitative estimate of drug-likeness (QED) is 0.384. The Morgan fingerprint density at radius 2 is 1.56 bits per heavy atom. The number of rotatable bonds is 6. The molecule has 0 aliphatic heterocycles. The molecule has 0 atom stereocenters. The monoisotopic (exact) mass is 392 g/mol. The Balaban J connectivity index is 1.73. The van der Waals surface area contributed by atoms with Gasteiger partial charge in [-0.15, -0.1) is 0 Å². The molecule has 124 valence electrons. The summed E-state index contributed by atoms with van der Waals surface area (Å²) in [6.45, 7) is 0.432. The van der Waals surface area contributed by atoms with Gasteiger partial charge in [-0.1, -0.05) is 76.6 Å². The van der Waals surface area contributed by atoms with Gasteiger partial charge in [-0.2, -0.15) is 0 Å². The molecule has 3 heteroatoms. The molecule has 0 fully saturated rings. The first-order valence-corrected chi connectivity index (χ1v) is 8.75. The smallest absolute Gasteiger partial charge is 0.189 e. The van der Waals surface area contributed by atoms with E-state index in [1.807, 2.05) is 78.9 Å². The van der Waals surface area contributed by atoms with E-state index in [1.165, 1.54) is 0 Å². The van der Waals surface area contributed by atoms with E-state index < -0.39 is 0 Å². The van der Waals surface area contributed by atoms with Gasteiger partial charge in [0.05, 0.1) is 5.56 Å². The molecule has 0 radical (unpaired) electrons. The fourth-order valence-corrected chi connectivity index (χ4v) is 2.63. The van der Waals surface area contributed by atoms with Crippen LogP contribution in [0.15, 0.2) is 89.4 Å². The van der Waals surface area contributed by atoms with Gasteiger partial charge in [0.2, 0.25) is 0 Å². The highest BCUT2D eigenvalue weighted by molar-refractivity contribution is 9.10. The molecule has 0 aliphatic carbocycles. The van der Waals surface area contributed by atoms with Crippen molar-refractivity contribution in [3.8, 4) is 5.75 Å². The molecule has 2 nitrogen and oxygen atoms in total. The zero-order valence-corrected chi connectivity index (χ0v) is 15.1. The Bertz CT molecular complexity index is 868. The average Bonchev–Trinajstić information content (AvgIpc) is 2.67. The number of carbonyl (C=O) groups is 1. The first-order valence-electron chi connectivity index (χ1n) is 7.96. The van der Waals surface area contributed by atoms with Crippen molar-refractivity contribution in [1.82, 2.24) is 0 Å². The van der Waals surface area contributed by atoms with Crippen LogP contribution in [0, 0.1) is 0 Å². The molecule has 0 aliphatic rings. The minimum atomic E-state index is -0.0772. The lowest BCUT2D eigenvalue weighted by atomic mass is 10.1. The molecule has 25 heavy (non-hydrogen) atoms. The number of hydrogen-bond donors (Lipinski definition) is 0. The molecular formula is C22H17BrO2. The fraction of sp³-hybridized carbons (Fsp3) is 0.0455. The van der Waals surface area contributed by atoms with Gasteiger partial charge in [-0.05, 0) is 41.5 Å². The van der Waals surface area contributed by atoms with Crippen molar-refractivity contribution in [3.05, 3.63) is 106 Å². The third kappa shape index (κ3) is 4.91.